The van der Waals surface area contributed by atoms with Crippen LogP contribution in [0, 0.1) is 0 Å². The molecule has 1 aliphatic rings. The van der Waals surface area contributed by atoms with Crippen molar-refractivity contribution in [3.63, 3.8) is 0 Å². The van der Waals surface area contributed by atoms with Gasteiger partial charge in [-0.15, -0.1) is 0 Å². The third-order valence-electron chi connectivity index (χ3n) is 2.31. The maximum Gasteiger partial charge on any atom is 0.128 e. The summed E-state index contributed by atoms with van der Waals surface area (Å²) in [6.07, 6.45) is 4.14. The molecule has 1 aromatic heterocycles. The average molecular weight is 163 g/mol. The van der Waals surface area contributed by atoms with Gasteiger partial charge in [-0.3, -0.25) is 0 Å². The number of nitrogen functional groups attached to an aromatic ring is 1. The van der Waals surface area contributed by atoms with Gasteiger partial charge in [-0.05, 0) is 25.5 Å². The molecule has 0 unspecified atom stereocenters. The van der Waals surface area contributed by atoms with E-state index in [9.17, 15) is 0 Å². The van der Waals surface area contributed by atoms with Crippen molar-refractivity contribution in [2.24, 2.45) is 0 Å². The zero-order valence-electron chi connectivity index (χ0n) is 6.96. The van der Waals surface area contributed by atoms with Gasteiger partial charge in [-0.2, -0.15) is 0 Å². The molecule has 0 amide bonds. The molecule has 0 aliphatic carbocycles. The van der Waals surface area contributed by atoms with E-state index < -0.39 is 0 Å². The van der Waals surface area contributed by atoms with Gasteiger partial charge in [0.25, 0.3) is 0 Å². The fourth-order valence-corrected chi connectivity index (χ4v) is 1.67. The molecule has 0 bridgehead atoms. The van der Waals surface area contributed by atoms with Gasteiger partial charge in [-0.25, -0.2) is 4.98 Å². The van der Waals surface area contributed by atoms with E-state index in [1.807, 2.05) is 12.1 Å². The predicted molar refractivity (Wildman–Crippen MR) is 48.6 cm³/mol. The number of nitrogens with zero attached hydrogens (tertiary/aromatic N) is 1. The van der Waals surface area contributed by atoms with Crippen molar-refractivity contribution in [2.75, 3.05) is 12.3 Å². The molecule has 2 heterocycles. The minimum Gasteiger partial charge on any atom is -0.383 e. The summed E-state index contributed by atoms with van der Waals surface area (Å²) in [6, 6.07) is 4.41. The van der Waals surface area contributed by atoms with Crippen LogP contribution in [0.3, 0.4) is 0 Å². The van der Waals surface area contributed by atoms with Crippen LogP contribution in [0.5, 0.6) is 0 Å². The quantitative estimate of drug-likeness (QED) is 0.651. The van der Waals surface area contributed by atoms with Crippen molar-refractivity contribution in [1.29, 1.82) is 0 Å². The van der Waals surface area contributed by atoms with Gasteiger partial charge < -0.3 is 11.1 Å². The molecular formula is C9H13N3. The molecular weight excluding hydrogens is 150 g/mol. The molecule has 3 N–H and O–H groups in total. The van der Waals surface area contributed by atoms with E-state index in [1.165, 1.54) is 12.8 Å². The molecule has 0 aromatic carbocycles. The Morgan fingerprint density at radius 3 is 3.17 bits per heavy atom. The lowest BCUT2D eigenvalue weighted by atomic mass is 10.1. The maximum atomic E-state index is 5.75. The summed E-state index contributed by atoms with van der Waals surface area (Å²) < 4.78 is 0. The summed E-state index contributed by atoms with van der Waals surface area (Å²) in [6.45, 7) is 1.10. The van der Waals surface area contributed by atoms with E-state index in [4.69, 9.17) is 5.73 Å². The van der Waals surface area contributed by atoms with Gasteiger partial charge in [0.15, 0.2) is 0 Å². The number of nitrogens with two attached hydrogens (primary N) is 1. The van der Waals surface area contributed by atoms with Crippen molar-refractivity contribution in [3.05, 3.63) is 23.9 Å². The summed E-state index contributed by atoms with van der Waals surface area (Å²) in [7, 11) is 0. The molecule has 1 atom stereocenters. The Bertz CT molecular complexity index is 266. The first-order chi connectivity index (χ1) is 5.88. The Morgan fingerprint density at radius 2 is 2.50 bits per heavy atom. The number of nitrogens with one attached hydrogen (secondary N) is 1. The van der Waals surface area contributed by atoms with Crippen molar-refractivity contribution in [3.8, 4) is 0 Å². The molecule has 1 fully saturated rings. The number of pyridine rings is 1. The molecule has 3 nitrogen and oxygen atoms in total. The lowest BCUT2D eigenvalue weighted by Crippen LogP contribution is -2.14. The second kappa shape index (κ2) is 3.11. The zero-order chi connectivity index (χ0) is 8.39. The van der Waals surface area contributed by atoms with E-state index in [0.717, 1.165) is 12.1 Å². The first kappa shape index (κ1) is 7.55. The molecule has 2 rings (SSSR count). The first-order valence-electron chi connectivity index (χ1n) is 4.31. The molecule has 3 heteroatoms. The van der Waals surface area contributed by atoms with Gasteiger partial charge in [0.2, 0.25) is 0 Å². The number of hydrogen-bond acceptors (Lipinski definition) is 3. The summed E-state index contributed by atoms with van der Waals surface area (Å²) in [5, 5.41) is 3.39. The fraction of sp³-hybridized carbons (Fsp3) is 0.444. The Labute approximate surface area is 72.0 Å². The van der Waals surface area contributed by atoms with Crippen LogP contribution in [0.1, 0.15) is 24.4 Å². The van der Waals surface area contributed by atoms with E-state index in [1.54, 1.807) is 6.20 Å². The Morgan fingerprint density at radius 1 is 1.58 bits per heavy atom. The zero-order valence-corrected chi connectivity index (χ0v) is 6.96. The third kappa shape index (κ3) is 1.28. The van der Waals surface area contributed by atoms with Crippen LogP contribution in [0.2, 0.25) is 0 Å². The van der Waals surface area contributed by atoms with Gasteiger partial charge in [-0.1, -0.05) is 6.07 Å². The smallest absolute Gasteiger partial charge is 0.128 e. The Hall–Kier alpha value is -1.09. The van der Waals surface area contributed by atoms with Crippen LogP contribution in [-0.2, 0) is 0 Å². The summed E-state index contributed by atoms with van der Waals surface area (Å²) in [5.74, 6) is 0.664. The highest BCUT2D eigenvalue weighted by Gasteiger charge is 2.17. The van der Waals surface area contributed by atoms with Gasteiger partial charge in [0, 0.05) is 17.8 Å². The van der Waals surface area contributed by atoms with E-state index in [0.29, 0.717) is 11.9 Å². The number of anilines is 1. The van der Waals surface area contributed by atoms with E-state index >= 15 is 0 Å². The molecule has 1 aliphatic heterocycles. The van der Waals surface area contributed by atoms with E-state index in [-0.39, 0.29) is 0 Å². The fourth-order valence-electron chi connectivity index (χ4n) is 1.67. The monoisotopic (exact) mass is 163 g/mol. The van der Waals surface area contributed by atoms with Crippen molar-refractivity contribution >= 4 is 5.82 Å². The normalized spacial score (nSPS) is 22.8. The van der Waals surface area contributed by atoms with Crippen molar-refractivity contribution in [2.45, 2.75) is 18.9 Å². The molecule has 12 heavy (non-hydrogen) atoms. The van der Waals surface area contributed by atoms with Crippen LogP contribution < -0.4 is 11.1 Å². The van der Waals surface area contributed by atoms with Gasteiger partial charge >= 0.3 is 0 Å². The molecule has 64 valence electrons. The lowest BCUT2D eigenvalue weighted by molar-refractivity contribution is 0.647. The standard InChI is InChI=1S/C9H13N3/c10-9-7(3-1-6-12-9)8-4-2-5-11-8/h1,3,6,8,11H,2,4-5H2,(H2,10,12)/t8-/m1/s1. The van der Waals surface area contributed by atoms with Crippen molar-refractivity contribution < 1.29 is 0 Å². The molecule has 1 aromatic rings. The molecule has 1 saturated heterocycles. The second-order valence-corrected chi connectivity index (χ2v) is 3.13. The topological polar surface area (TPSA) is 50.9 Å². The molecule has 0 saturated carbocycles. The molecule has 0 spiro atoms. The van der Waals surface area contributed by atoms with Gasteiger partial charge in [0.1, 0.15) is 5.82 Å². The van der Waals surface area contributed by atoms with Crippen LogP contribution in [-0.4, -0.2) is 11.5 Å². The Balaban J connectivity index is 2.26. The summed E-state index contributed by atoms with van der Waals surface area (Å²) in [5.41, 5.74) is 6.90. The number of aromatic nitrogens is 1. The summed E-state index contributed by atoms with van der Waals surface area (Å²) in [4.78, 5) is 4.06. The highest BCUT2D eigenvalue weighted by atomic mass is 15.0. The second-order valence-electron chi connectivity index (χ2n) is 3.13. The minimum atomic E-state index is 0.429. The van der Waals surface area contributed by atoms with Gasteiger partial charge in [0.05, 0.1) is 0 Å². The Kier molecular flexibility index (Phi) is 1.96. The minimum absolute atomic E-state index is 0.429. The lowest BCUT2D eigenvalue weighted by Gasteiger charge is -2.11. The molecule has 0 radical (unpaired) electrons. The van der Waals surface area contributed by atoms with Crippen LogP contribution in [0.25, 0.3) is 0 Å². The largest absolute Gasteiger partial charge is 0.383 e. The van der Waals surface area contributed by atoms with Crippen molar-refractivity contribution in [1.82, 2.24) is 10.3 Å². The van der Waals surface area contributed by atoms with Crippen LogP contribution in [0.4, 0.5) is 5.82 Å². The maximum absolute atomic E-state index is 5.75. The van der Waals surface area contributed by atoms with Crippen LogP contribution in [0.15, 0.2) is 18.3 Å². The predicted octanol–water partition coefficient (Wildman–Crippen LogP) is 1.09. The average Bonchev–Trinajstić information content (AvgIpc) is 2.57. The van der Waals surface area contributed by atoms with Crippen LogP contribution >= 0.6 is 0 Å². The SMILES string of the molecule is Nc1ncccc1[C@H]1CCCN1. The highest BCUT2D eigenvalue weighted by molar-refractivity contribution is 5.41. The van der Waals surface area contributed by atoms with E-state index in [2.05, 4.69) is 10.3 Å². The first-order valence-corrected chi connectivity index (χ1v) is 4.31. The summed E-state index contributed by atoms with van der Waals surface area (Å²) >= 11 is 0. The highest BCUT2D eigenvalue weighted by Crippen LogP contribution is 2.25. The third-order valence-corrected chi connectivity index (χ3v) is 2.31. The number of hydrogen-bond donors (Lipinski definition) is 2. The number of rotatable bonds is 1.